The van der Waals surface area contributed by atoms with E-state index in [0.717, 1.165) is 12.8 Å². The smallest absolute Gasteiger partial charge is 0.200 e. The zero-order valence-electron chi connectivity index (χ0n) is 9.55. The fourth-order valence-electron chi connectivity index (χ4n) is 1.13. The van der Waals surface area contributed by atoms with Crippen LogP contribution in [0, 0.1) is 12.0 Å². The van der Waals surface area contributed by atoms with Gasteiger partial charge in [0.15, 0.2) is 5.75 Å². The summed E-state index contributed by atoms with van der Waals surface area (Å²) in [4.78, 5) is 0. The van der Waals surface area contributed by atoms with E-state index >= 15 is 0 Å². The highest BCUT2D eigenvalue weighted by atomic mass is 35.5. The molecule has 0 atom stereocenters. The van der Waals surface area contributed by atoms with Crippen molar-refractivity contribution in [1.29, 1.82) is 0 Å². The lowest BCUT2D eigenvalue weighted by Gasteiger charge is -2.10. The first-order valence-corrected chi connectivity index (χ1v) is 5.67. The SMILES string of the molecule is CC#COc1c(Cl)cccc1OCCCC. The Morgan fingerprint density at radius 1 is 1.38 bits per heavy atom. The van der Waals surface area contributed by atoms with Gasteiger partial charge in [-0.1, -0.05) is 36.9 Å². The highest BCUT2D eigenvalue weighted by Gasteiger charge is 2.08. The molecule has 1 aromatic rings. The summed E-state index contributed by atoms with van der Waals surface area (Å²) in [6, 6.07) is 5.41. The van der Waals surface area contributed by atoms with Gasteiger partial charge in [-0.3, -0.25) is 0 Å². The molecule has 0 heterocycles. The van der Waals surface area contributed by atoms with E-state index in [4.69, 9.17) is 21.1 Å². The van der Waals surface area contributed by atoms with Crippen LogP contribution in [0.5, 0.6) is 11.5 Å². The van der Waals surface area contributed by atoms with Crippen LogP contribution in [0.2, 0.25) is 5.02 Å². The van der Waals surface area contributed by atoms with Gasteiger partial charge in [-0.2, -0.15) is 0 Å². The molecular formula is C13H15ClO2. The average Bonchev–Trinajstić information content (AvgIpc) is 2.28. The monoisotopic (exact) mass is 238 g/mol. The Kier molecular flexibility index (Phi) is 5.60. The molecule has 2 nitrogen and oxygen atoms in total. The lowest BCUT2D eigenvalue weighted by atomic mass is 10.3. The zero-order valence-corrected chi connectivity index (χ0v) is 10.3. The van der Waals surface area contributed by atoms with Crippen LogP contribution in [0.15, 0.2) is 18.2 Å². The molecule has 1 aromatic carbocycles. The number of hydrogen-bond donors (Lipinski definition) is 0. The standard InChI is InChI=1S/C13H15ClO2/c1-3-5-10-15-12-8-6-7-11(14)13(12)16-9-4-2/h6-8H,3,5,10H2,1-2H3. The second-order valence-corrected chi connectivity index (χ2v) is 3.63. The van der Waals surface area contributed by atoms with E-state index in [-0.39, 0.29) is 0 Å². The van der Waals surface area contributed by atoms with Crippen molar-refractivity contribution >= 4 is 11.6 Å². The second kappa shape index (κ2) is 7.03. The maximum atomic E-state index is 6.01. The molecule has 16 heavy (non-hydrogen) atoms. The number of unbranched alkanes of at least 4 members (excludes halogenated alkanes) is 1. The normalized spacial score (nSPS) is 9.19. The minimum Gasteiger partial charge on any atom is -0.490 e. The van der Waals surface area contributed by atoms with Crippen LogP contribution in [-0.4, -0.2) is 6.61 Å². The summed E-state index contributed by atoms with van der Waals surface area (Å²) in [7, 11) is 0. The molecule has 0 aliphatic rings. The third kappa shape index (κ3) is 3.67. The van der Waals surface area contributed by atoms with Crippen LogP contribution < -0.4 is 9.47 Å². The van der Waals surface area contributed by atoms with Gasteiger partial charge in [-0.15, -0.1) is 0 Å². The maximum absolute atomic E-state index is 6.01. The molecule has 0 fully saturated rings. The summed E-state index contributed by atoms with van der Waals surface area (Å²) < 4.78 is 10.8. The fraction of sp³-hybridized carbons (Fsp3) is 0.385. The van der Waals surface area contributed by atoms with Crippen LogP contribution in [0.4, 0.5) is 0 Å². The van der Waals surface area contributed by atoms with E-state index in [1.807, 2.05) is 12.1 Å². The number of hydrogen-bond acceptors (Lipinski definition) is 2. The summed E-state index contributed by atoms with van der Waals surface area (Å²) in [6.07, 6.45) is 4.62. The van der Waals surface area contributed by atoms with Crippen molar-refractivity contribution in [2.45, 2.75) is 26.7 Å². The van der Waals surface area contributed by atoms with Gasteiger partial charge in [0.05, 0.1) is 11.6 Å². The van der Waals surface area contributed by atoms with Crippen LogP contribution in [0.3, 0.4) is 0 Å². The minimum absolute atomic E-state index is 0.495. The number of benzene rings is 1. The minimum atomic E-state index is 0.495. The van der Waals surface area contributed by atoms with Crippen molar-refractivity contribution < 1.29 is 9.47 Å². The molecule has 0 aromatic heterocycles. The van der Waals surface area contributed by atoms with Gasteiger partial charge in [-0.25, -0.2) is 0 Å². The van der Waals surface area contributed by atoms with E-state index in [2.05, 4.69) is 19.0 Å². The molecule has 1 rings (SSSR count). The summed E-state index contributed by atoms with van der Waals surface area (Å²) in [5, 5.41) is 0.511. The van der Waals surface area contributed by atoms with Crippen molar-refractivity contribution in [2.75, 3.05) is 6.61 Å². The fourth-order valence-corrected chi connectivity index (χ4v) is 1.33. The molecule has 3 heteroatoms. The first-order valence-electron chi connectivity index (χ1n) is 5.29. The first kappa shape index (κ1) is 12.7. The van der Waals surface area contributed by atoms with Gasteiger partial charge in [0, 0.05) is 6.92 Å². The molecule has 0 aliphatic carbocycles. The summed E-state index contributed by atoms with van der Waals surface area (Å²) >= 11 is 6.01. The molecule has 0 amide bonds. The molecule has 0 aliphatic heterocycles. The van der Waals surface area contributed by atoms with Crippen LogP contribution >= 0.6 is 11.6 Å². The van der Waals surface area contributed by atoms with E-state index < -0.39 is 0 Å². The van der Waals surface area contributed by atoms with E-state index in [0.29, 0.717) is 23.1 Å². The van der Waals surface area contributed by atoms with Crippen molar-refractivity contribution in [1.82, 2.24) is 0 Å². The second-order valence-electron chi connectivity index (χ2n) is 3.22. The molecule has 86 valence electrons. The Hall–Kier alpha value is -1.33. The van der Waals surface area contributed by atoms with Gasteiger partial charge < -0.3 is 9.47 Å². The highest BCUT2D eigenvalue weighted by molar-refractivity contribution is 6.32. The molecule has 0 spiro atoms. The Bertz CT molecular complexity index is 391. The van der Waals surface area contributed by atoms with Crippen LogP contribution in [0.1, 0.15) is 26.7 Å². The van der Waals surface area contributed by atoms with E-state index in [9.17, 15) is 0 Å². The van der Waals surface area contributed by atoms with Gasteiger partial charge in [-0.05, 0) is 18.6 Å². The molecular weight excluding hydrogens is 224 g/mol. The van der Waals surface area contributed by atoms with Gasteiger partial charge in [0.25, 0.3) is 0 Å². The summed E-state index contributed by atoms with van der Waals surface area (Å²) in [6.45, 7) is 4.47. The van der Waals surface area contributed by atoms with Crippen molar-refractivity contribution in [3.8, 4) is 23.5 Å². The molecule has 0 bridgehead atoms. The Balaban J connectivity index is 2.79. The highest BCUT2D eigenvalue weighted by Crippen LogP contribution is 2.34. The molecule has 0 saturated heterocycles. The lowest BCUT2D eigenvalue weighted by Crippen LogP contribution is -1.98. The zero-order chi connectivity index (χ0) is 11.8. The van der Waals surface area contributed by atoms with Crippen molar-refractivity contribution in [2.24, 2.45) is 0 Å². The van der Waals surface area contributed by atoms with Crippen LogP contribution in [0.25, 0.3) is 0 Å². The Morgan fingerprint density at radius 3 is 2.88 bits per heavy atom. The third-order valence-corrected chi connectivity index (χ3v) is 2.24. The summed E-state index contributed by atoms with van der Waals surface area (Å²) in [5.41, 5.74) is 0. The largest absolute Gasteiger partial charge is 0.490 e. The van der Waals surface area contributed by atoms with Gasteiger partial charge in [0.2, 0.25) is 5.75 Å². The lowest BCUT2D eigenvalue weighted by molar-refractivity contribution is 0.297. The number of halogens is 1. The average molecular weight is 239 g/mol. The van der Waals surface area contributed by atoms with Crippen molar-refractivity contribution in [3.63, 3.8) is 0 Å². The molecule has 0 N–H and O–H groups in total. The van der Waals surface area contributed by atoms with Crippen LogP contribution in [-0.2, 0) is 0 Å². The Morgan fingerprint density at radius 2 is 2.19 bits per heavy atom. The Labute approximate surface area is 102 Å². The number of para-hydroxylation sites is 1. The predicted molar refractivity (Wildman–Crippen MR) is 65.9 cm³/mol. The number of ether oxygens (including phenoxy) is 2. The quantitative estimate of drug-likeness (QED) is 0.573. The van der Waals surface area contributed by atoms with Crippen molar-refractivity contribution in [3.05, 3.63) is 23.2 Å². The molecule has 0 radical (unpaired) electrons. The molecule has 0 unspecified atom stereocenters. The number of rotatable bonds is 5. The van der Waals surface area contributed by atoms with E-state index in [1.54, 1.807) is 13.0 Å². The third-order valence-electron chi connectivity index (χ3n) is 1.94. The first-order chi connectivity index (χ1) is 7.79. The van der Waals surface area contributed by atoms with Gasteiger partial charge in [0.1, 0.15) is 6.11 Å². The van der Waals surface area contributed by atoms with E-state index in [1.165, 1.54) is 0 Å². The predicted octanol–water partition coefficient (Wildman–Crippen LogP) is 3.88. The molecule has 0 saturated carbocycles. The topological polar surface area (TPSA) is 18.5 Å². The summed E-state index contributed by atoms with van der Waals surface area (Å²) in [5.74, 6) is 3.79. The maximum Gasteiger partial charge on any atom is 0.200 e. The van der Waals surface area contributed by atoms with Gasteiger partial charge >= 0.3 is 0 Å².